The third kappa shape index (κ3) is 5.00. The number of carboxylic acid groups (broad SMARTS) is 1. The first-order chi connectivity index (χ1) is 11.2. The number of ether oxygens (including phenoxy) is 2. The van der Waals surface area contributed by atoms with Crippen LogP contribution in [0.4, 0.5) is 18.9 Å². The molecule has 2 atom stereocenters. The van der Waals surface area contributed by atoms with Crippen LogP contribution in [-0.4, -0.2) is 42.0 Å². The van der Waals surface area contributed by atoms with Gasteiger partial charge >= 0.3 is 12.1 Å². The van der Waals surface area contributed by atoms with Crippen molar-refractivity contribution in [1.29, 1.82) is 0 Å². The molecule has 1 saturated heterocycles. The maximum Gasteiger partial charge on any atom is 0.422 e. The molecule has 0 aromatic heterocycles. The summed E-state index contributed by atoms with van der Waals surface area (Å²) in [6.45, 7) is -1.54. The van der Waals surface area contributed by atoms with Crippen molar-refractivity contribution in [1.82, 2.24) is 0 Å². The van der Waals surface area contributed by atoms with Gasteiger partial charge in [-0.1, -0.05) is 11.6 Å². The lowest BCUT2D eigenvalue weighted by molar-refractivity contribution is -0.153. The lowest BCUT2D eigenvalue weighted by Crippen LogP contribution is -2.30. The molecule has 1 aliphatic heterocycles. The summed E-state index contributed by atoms with van der Waals surface area (Å²) in [6.07, 6.45) is -6.27. The Morgan fingerprint density at radius 2 is 2.00 bits per heavy atom. The quantitative estimate of drug-likeness (QED) is 0.836. The summed E-state index contributed by atoms with van der Waals surface area (Å²) in [4.78, 5) is 22.9. The number of benzene rings is 1. The van der Waals surface area contributed by atoms with E-state index in [1.54, 1.807) is 0 Å². The Labute approximate surface area is 139 Å². The fourth-order valence-electron chi connectivity index (χ4n) is 2.10. The predicted molar refractivity (Wildman–Crippen MR) is 77.2 cm³/mol. The van der Waals surface area contributed by atoms with Gasteiger partial charge in [0.15, 0.2) is 12.7 Å². The van der Waals surface area contributed by atoms with Crippen LogP contribution >= 0.6 is 11.6 Å². The third-order valence-electron chi connectivity index (χ3n) is 3.18. The fourth-order valence-corrected chi connectivity index (χ4v) is 2.27. The van der Waals surface area contributed by atoms with Crippen molar-refractivity contribution in [3.8, 4) is 5.75 Å². The molecule has 0 unspecified atom stereocenters. The van der Waals surface area contributed by atoms with Gasteiger partial charge in [0.1, 0.15) is 11.9 Å². The average molecular weight is 368 g/mol. The number of carbonyl (C=O) groups excluding carboxylic acids is 1. The fraction of sp³-hybridized carbons (Fsp3) is 0.429. The van der Waals surface area contributed by atoms with Gasteiger partial charge in [0.05, 0.1) is 5.69 Å². The Hall–Kier alpha value is -2.00. The molecule has 2 N–H and O–H groups in total. The molecule has 1 aromatic rings. The first kappa shape index (κ1) is 18.3. The second-order valence-electron chi connectivity index (χ2n) is 5.06. The van der Waals surface area contributed by atoms with Gasteiger partial charge < -0.3 is 19.9 Å². The number of alkyl halides is 3. The van der Waals surface area contributed by atoms with Crippen molar-refractivity contribution in [2.45, 2.75) is 31.2 Å². The molecular formula is C14H13ClF3NO5. The Kier molecular flexibility index (Phi) is 5.55. The number of anilines is 1. The molecule has 6 nitrogen and oxygen atoms in total. The molecule has 0 aliphatic carbocycles. The number of aliphatic carboxylic acids is 1. The van der Waals surface area contributed by atoms with Crippen molar-refractivity contribution in [3.05, 3.63) is 23.2 Å². The van der Waals surface area contributed by atoms with E-state index in [0.29, 0.717) is 0 Å². The monoisotopic (exact) mass is 367 g/mol. The first-order valence-electron chi connectivity index (χ1n) is 6.84. The number of amides is 1. The summed E-state index contributed by atoms with van der Waals surface area (Å²) in [5.41, 5.74) is -0.0176. The minimum atomic E-state index is -4.55. The lowest BCUT2D eigenvalue weighted by atomic mass is 10.2. The van der Waals surface area contributed by atoms with Gasteiger partial charge in [0, 0.05) is 11.1 Å². The van der Waals surface area contributed by atoms with E-state index in [4.69, 9.17) is 21.4 Å². The molecule has 1 fully saturated rings. The molecule has 132 valence electrons. The molecule has 24 heavy (non-hydrogen) atoms. The highest BCUT2D eigenvalue weighted by atomic mass is 35.5. The zero-order valence-electron chi connectivity index (χ0n) is 12.1. The van der Waals surface area contributed by atoms with Gasteiger partial charge in [0.25, 0.3) is 5.91 Å². The molecule has 0 spiro atoms. The normalized spacial score (nSPS) is 20.7. The van der Waals surface area contributed by atoms with E-state index in [2.05, 4.69) is 10.1 Å². The van der Waals surface area contributed by atoms with Crippen LogP contribution in [0.1, 0.15) is 12.8 Å². The van der Waals surface area contributed by atoms with E-state index >= 15 is 0 Å². The van der Waals surface area contributed by atoms with Crippen LogP contribution in [0.5, 0.6) is 5.75 Å². The second-order valence-corrected chi connectivity index (χ2v) is 5.50. The minimum absolute atomic E-state index is 0.0176. The van der Waals surface area contributed by atoms with Crippen molar-refractivity contribution < 1.29 is 37.3 Å². The summed E-state index contributed by atoms with van der Waals surface area (Å²) in [5, 5.41) is 11.3. The van der Waals surface area contributed by atoms with E-state index in [1.165, 1.54) is 12.1 Å². The Bertz CT molecular complexity index is 637. The summed E-state index contributed by atoms with van der Waals surface area (Å²) in [6, 6.07) is 3.79. The molecule has 0 bridgehead atoms. The minimum Gasteiger partial charge on any atom is -0.482 e. The number of hydrogen-bond acceptors (Lipinski definition) is 4. The maximum absolute atomic E-state index is 12.3. The summed E-state index contributed by atoms with van der Waals surface area (Å²) in [5.74, 6) is -2.09. The third-order valence-corrected chi connectivity index (χ3v) is 3.42. The van der Waals surface area contributed by atoms with Crippen LogP contribution in [0.3, 0.4) is 0 Å². The number of halogens is 4. The standard InChI is InChI=1S/C14H13ClF3NO5/c15-7-1-2-8(11(5-7)23-6-14(16,17)18)19-12(20)9-3-4-10(24-9)13(21)22/h1-2,5,9-10H,3-4,6H2,(H,19,20)(H,21,22)/t9-,10+/m0/s1. The average Bonchev–Trinajstić information content (AvgIpc) is 2.96. The van der Waals surface area contributed by atoms with Crippen molar-refractivity contribution >= 4 is 29.2 Å². The topological polar surface area (TPSA) is 84.9 Å². The van der Waals surface area contributed by atoms with Gasteiger partial charge in [-0.15, -0.1) is 0 Å². The van der Waals surface area contributed by atoms with Gasteiger partial charge in [-0.05, 0) is 25.0 Å². The number of carboxylic acids is 1. The number of hydrogen-bond donors (Lipinski definition) is 2. The van der Waals surface area contributed by atoms with E-state index in [0.717, 1.165) is 6.07 Å². The lowest BCUT2D eigenvalue weighted by Gasteiger charge is -2.16. The van der Waals surface area contributed by atoms with Crippen LogP contribution in [0, 0.1) is 0 Å². The van der Waals surface area contributed by atoms with Crippen molar-refractivity contribution in [3.63, 3.8) is 0 Å². The summed E-state index contributed by atoms with van der Waals surface area (Å²) >= 11 is 5.72. The molecule has 1 aromatic carbocycles. The van der Waals surface area contributed by atoms with Crippen LogP contribution in [0.2, 0.25) is 5.02 Å². The van der Waals surface area contributed by atoms with Gasteiger partial charge in [-0.2, -0.15) is 13.2 Å². The zero-order valence-corrected chi connectivity index (χ0v) is 12.9. The van der Waals surface area contributed by atoms with E-state index in [-0.39, 0.29) is 29.3 Å². The highest BCUT2D eigenvalue weighted by Gasteiger charge is 2.35. The molecule has 1 amide bonds. The maximum atomic E-state index is 12.3. The van der Waals surface area contributed by atoms with E-state index in [1.807, 2.05) is 0 Å². The SMILES string of the molecule is O=C(Nc1ccc(Cl)cc1OCC(F)(F)F)[C@@H]1CC[C@H](C(=O)O)O1. The zero-order chi connectivity index (χ0) is 17.9. The highest BCUT2D eigenvalue weighted by molar-refractivity contribution is 6.30. The molecule has 0 radical (unpaired) electrons. The van der Waals surface area contributed by atoms with Crippen LogP contribution in [-0.2, 0) is 14.3 Å². The summed E-state index contributed by atoms with van der Waals surface area (Å²) < 4.78 is 46.6. The molecule has 1 aliphatic rings. The molecule has 0 saturated carbocycles. The van der Waals surface area contributed by atoms with Crippen molar-refractivity contribution in [2.75, 3.05) is 11.9 Å². The van der Waals surface area contributed by atoms with Gasteiger partial charge in [-0.25, -0.2) is 4.79 Å². The van der Waals surface area contributed by atoms with Crippen molar-refractivity contribution in [2.24, 2.45) is 0 Å². The van der Waals surface area contributed by atoms with Crippen LogP contribution < -0.4 is 10.1 Å². The Balaban J connectivity index is 2.06. The number of nitrogens with one attached hydrogen (secondary N) is 1. The van der Waals surface area contributed by atoms with E-state index in [9.17, 15) is 22.8 Å². The molecule has 10 heteroatoms. The first-order valence-corrected chi connectivity index (χ1v) is 7.22. The Morgan fingerprint density at radius 1 is 1.33 bits per heavy atom. The number of carbonyl (C=O) groups is 2. The number of rotatable bonds is 5. The Morgan fingerprint density at radius 3 is 2.58 bits per heavy atom. The van der Waals surface area contributed by atoms with Gasteiger partial charge in [-0.3, -0.25) is 4.79 Å². The predicted octanol–water partition coefficient (Wildman–Crippen LogP) is 2.85. The van der Waals surface area contributed by atoms with Crippen LogP contribution in [0.25, 0.3) is 0 Å². The highest BCUT2D eigenvalue weighted by Crippen LogP contribution is 2.31. The smallest absolute Gasteiger partial charge is 0.422 e. The summed E-state index contributed by atoms with van der Waals surface area (Å²) in [7, 11) is 0. The molecule has 1 heterocycles. The van der Waals surface area contributed by atoms with Gasteiger partial charge in [0.2, 0.25) is 0 Å². The van der Waals surface area contributed by atoms with Crippen LogP contribution in [0.15, 0.2) is 18.2 Å². The largest absolute Gasteiger partial charge is 0.482 e. The molecular weight excluding hydrogens is 355 g/mol. The molecule has 2 rings (SSSR count). The van der Waals surface area contributed by atoms with E-state index < -0.39 is 36.9 Å². The second kappa shape index (κ2) is 7.27.